The van der Waals surface area contributed by atoms with Gasteiger partial charge in [0.2, 0.25) is 0 Å². The van der Waals surface area contributed by atoms with Gasteiger partial charge in [0, 0.05) is 12.2 Å². The van der Waals surface area contributed by atoms with Crippen molar-refractivity contribution in [2.45, 2.75) is 25.7 Å². The van der Waals surface area contributed by atoms with Crippen LogP contribution in [0.2, 0.25) is 0 Å². The summed E-state index contributed by atoms with van der Waals surface area (Å²) in [6, 6.07) is 4.42. The van der Waals surface area contributed by atoms with Crippen molar-refractivity contribution < 1.29 is 0 Å². The molecule has 0 saturated carbocycles. The standard InChI is InChI=1S/C13H21N3/c1-16(2)10-4-6-12-8-7-11-5-3-9-14-13(11)15-12/h7-8H,3-6,9-10H2,1-2H3,(H,14,15). The fourth-order valence-electron chi connectivity index (χ4n) is 2.08. The van der Waals surface area contributed by atoms with Crippen molar-refractivity contribution in [1.29, 1.82) is 0 Å². The number of nitrogens with one attached hydrogen (secondary N) is 1. The number of anilines is 1. The lowest BCUT2D eigenvalue weighted by atomic mass is 10.1. The van der Waals surface area contributed by atoms with E-state index in [4.69, 9.17) is 0 Å². The molecule has 16 heavy (non-hydrogen) atoms. The van der Waals surface area contributed by atoms with Crippen LogP contribution in [0, 0.1) is 0 Å². The molecule has 88 valence electrons. The number of rotatable bonds is 4. The first-order valence-electron chi connectivity index (χ1n) is 6.13. The van der Waals surface area contributed by atoms with E-state index in [2.05, 4.69) is 41.4 Å². The van der Waals surface area contributed by atoms with Crippen LogP contribution >= 0.6 is 0 Å². The Hall–Kier alpha value is -1.09. The molecule has 0 atom stereocenters. The number of nitrogens with zero attached hydrogens (tertiary/aromatic N) is 2. The van der Waals surface area contributed by atoms with Crippen molar-refractivity contribution in [3.63, 3.8) is 0 Å². The molecule has 1 aromatic heterocycles. The van der Waals surface area contributed by atoms with Gasteiger partial charge in [0.05, 0.1) is 0 Å². The van der Waals surface area contributed by atoms with Crippen LogP contribution in [0.1, 0.15) is 24.1 Å². The fourth-order valence-corrected chi connectivity index (χ4v) is 2.08. The third kappa shape index (κ3) is 2.95. The summed E-state index contributed by atoms with van der Waals surface area (Å²) in [6.45, 7) is 2.20. The molecule has 0 amide bonds. The molecule has 0 saturated heterocycles. The molecule has 0 radical (unpaired) electrons. The third-order valence-corrected chi connectivity index (χ3v) is 2.99. The minimum absolute atomic E-state index is 1.07. The Morgan fingerprint density at radius 3 is 3.06 bits per heavy atom. The van der Waals surface area contributed by atoms with Gasteiger partial charge in [-0.25, -0.2) is 4.98 Å². The Kier molecular flexibility index (Phi) is 3.78. The highest BCUT2D eigenvalue weighted by molar-refractivity contribution is 5.46. The van der Waals surface area contributed by atoms with Crippen molar-refractivity contribution in [2.24, 2.45) is 0 Å². The van der Waals surface area contributed by atoms with E-state index >= 15 is 0 Å². The minimum atomic E-state index is 1.07. The molecule has 0 unspecified atom stereocenters. The van der Waals surface area contributed by atoms with Crippen LogP contribution in [0.25, 0.3) is 0 Å². The zero-order chi connectivity index (χ0) is 11.4. The van der Waals surface area contributed by atoms with Crippen molar-refractivity contribution in [3.05, 3.63) is 23.4 Å². The number of aromatic nitrogens is 1. The Morgan fingerprint density at radius 1 is 1.38 bits per heavy atom. The lowest BCUT2D eigenvalue weighted by Crippen LogP contribution is -2.15. The van der Waals surface area contributed by atoms with Crippen molar-refractivity contribution >= 4 is 5.82 Å². The first kappa shape index (κ1) is 11.4. The second-order valence-corrected chi connectivity index (χ2v) is 4.75. The summed E-state index contributed by atoms with van der Waals surface area (Å²) in [7, 11) is 4.23. The molecule has 1 N–H and O–H groups in total. The number of hydrogen-bond donors (Lipinski definition) is 1. The van der Waals surface area contributed by atoms with Crippen LogP contribution in [0.3, 0.4) is 0 Å². The molecule has 2 rings (SSSR count). The number of aryl methyl sites for hydroxylation is 2. The van der Waals surface area contributed by atoms with Crippen LogP contribution in [-0.4, -0.2) is 37.1 Å². The maximum absolute atomic E-state index is 4.68. The highest BCUT2D eigenvalue weighted by atomic mass is 15.0. The van der Waals surface area contributed by atoms with Gasteiger partial charge in [-0.2, -0.15) is 0 Å². The van der Waals surface area contributed by atoms with Crippen molar-refractivity contribution in [1.82, 2.24) is 9.88 Å². The number of pyridine rings is 1. The zero-order valence-corrected chi connectivity index (χ0v) is 10.3. The molecule has 1 aromatic rings. The van der Waals surface area contributed by atoms with E-state index < -0.39 is 0 Å². The maximum Gasteiger partial charge on any atom is 0.129 e. The largest absolute Gasteiger partial charge is 0.370 e. The van der Waals surface area contributed by atoms with Gasteiger partial charge in [-0.15, -0.1) is 0 Å². The van der Waals surface area contributed by atoms with Gasteiger partial charge in [0.15, 0.2) is 0 Å². The fraction of sp³-hybridized carbons (Fsp3) is 0.615. The molecule has 0 fully saturated rings. The summed E-state index contributed by atoms with van der Waals surface area (Å²) in [5.74, 6) is 1.12. The van der Waals surface area contributed by atoms with Crippen LogP contribution in [0.5, 0.6) is 0 Å². The van der Waals surface area contributed by atoms with E-state index in [-0.39, 0.29) is 0 Å². The summed E-state index contributed by atoms with van der Waals surface area (Å²) in [4.78, 5) is 6.90. The molecular weight excluding hydrogens is 198 g/mol. The van der Waals surface area contributed by atoms with E-state index in [1.807, 2.05) is 0 Å². The SMILES string of the molecule is CN(C)CCCc1ccc2c(n1)NCCC2. The Morgan fingerprint density at radius 2 is 2.25 bits per heavy atom. The molecule has 3 heteroatoms. The second kappa shape index (κ2) is 5.30. The van der Waals surface area contributed by atoms with E-state index in [0.29, 0.717) is 0 Å². The summed E-state index contributed by atoms with van der Waals surface area (Å²) in [5.41, 5.74) is 2.60. The van der Waals surface area contributed by atoms with E-state index in [1.54, 1.807) is 0 Å². The van der Waals surface area contributed by atoms with Crippen LogP contribution in [0.15, 0.2) is 12.1 Å². The molecule has 1 aliphatic heterocycles. The smallest absolute Gasteiger partial charge is 0.129 e. The lowest BCUT2D eigenvalue weighted by Gasteiger charge is -2.17. The Balaban J connectivity index is 1.95. The monoisotopic (exact) mass is 219 g/mol. The first-order valence-corrected chi connectivity index (χ1v) is 6.13. The van der Waals surface area contributed by atoms with Crippen molar-refractivity contribution in [2.75, 3.05) is 32.5 Å². The van der Waals surface area contributed by atoms with Gasteiger partial charge in [0.1, 0.15) is 5.82 Å². The number of fused-ring (bicyclic) bond motifs is 1. The van der Waals surface area contributed by atoms with E-state index in [1.165, 1.54) is 30.5 Å². The molecule has 0 spiro atoms. The lowest BCUT2D eigenvalue weighted by molar-refractivity contribution is 0.399. The van der Waals surface area contributed by atoms with Gasteiger partial charge in [-0.05, 0) is 58.0 Å². The Bertz CT molecular complexity index is 347. The predicted octanol–water partition coefficient (Wildman–Crippen LogP) is 1.93. The summed E-state index contributed by atoms with van der Waals surface area (Å²) >= 11 is 0. The quantitative estimate of drug-likeness (QED) is 0.838. The van der Waals surface area contributed by atoms with Crippen LogP contribution < -0.4 is 5.32 Å². The molecule has 3 nitrogen and oxygen atoms in total. The molecular formula is C13H21N3. The Labute approximate surface area is 97.9 Å². The summed E-state index contributed by atoms with van der Waals surface area (Å²) in [6.07, 6.45) is 4.66. The molecule has 1 aliphatic rings. The topological polar surface area (TPSA) is 28.2 Å². The normalized spacial score (nSPS) is 14.7. The van der Waals surface area contributed by atoms with Crippen molar-refractivity contribution in [3.8, 4) is 0 Å². The van der Waals surface area contributed by atoms with Crippen LogP contribution in [0.4, 0.5) is 5.82 Å². The van der Waals surface area contributed by atoms with Gasteiger partial charge in [0.25, 0.3) is 0 Å². The molecule has 2 heterocycles. The first-order chi connectivity index (χ1) is 7.75. The van der Waals surface area contributed by atoms with Gasteiger partial charge >= 0.3 is 0 Å². The van der Waals surface area contributed by atoms with Gasteiger partial charge in [-0.1, -0.05) is 6.07 Å². The maximum atomic E-state index is 4.68. The average Bonchev–Trinajstić information content (AvgIpc) is 2.28. The van der Waals surface area contributed by atoms with E-state index in [0.717, 1.165) is 25.3 Å². The molecule has 0 bridgehead atoms. The average molecular weight is 219 g/mol. The number of hydrogen-bond acceptors (Lipinski definition) is 3. The second-order valence-electron chi connectivity index (χ2n) is 4.75. The molecule has 0 aliphatic carbocycles. The van der Waals surface area contributed by atoms with Crippen LogP contribution in [-0.2, 0) is 12.8 Å². The highest BCUT2D eigenvalue weighted by Crippen LogP contribution is 2.19. The predicted molar refractivity (Wildman–Crippen MR) is 67.9 cm³/mol. The van der Waals surface area contributed by atoms with Gasteiger partial charge in [-0.3, -0.25) is 0 Å². The van der Waals surface area contributed by atoms with Gasteiger partial charge < -0.3 is 10.2 Å². The molecule has 0 aromatic carbocycles. The third-order valence-electron chi connectivity index (χ3n) is 2.99. The highest BCUT2D eigenvalue weighted by Gasteiger charge is 2.09. The van der Waals surface area contributed by atoms with E-state index in [9.17, 15) is 0 Å². The zero-order valence-electron chi connectivity index (χ0n) is 10.3. The minimum Gasteiger partial charge on any atom is -0.370 e. The summed E-state index contributed by atoms with van der Waals surface area (Å²) < 4.78 is 0. The summed E-state index contributed by atoms with van der Waals surface area (Å²) in [5, 5.41) is 3.38.